The van der Waals surface area contributed by atoms with Crippen molar-refractivity contribution in [2.24, 2.45) is 0 Å². The van der Waals surface area contributed by atoms with E-state index < -0.39 is 0 Å². The van der Waals surface area contributed by atoms with E-state index in [0.29, 0.717) is 27.4 Å². The summed E-state index contributed by atoms with van der Waals surface area (Å²) < 4.78 is 0. The van der Waals surface area contributed by atoms with Gasteiger partial charge in [-0.3, -0.25) is 4.79 Å². The number of carbonyl (C=O) groups excluding carboxylic acids is 1. The molecule has 1 N–H and O–H groups in total. The molecule has 2 rings (SSSR count). The van der Waals surface area contributed by atoms with E-state index in [2.05, 4.69) is 22.2 Å². The molecule has 0 bridgehead atoms. The fourth-order valence-corrected chi connectivity index (χ4v) is 2.68. The molecule has 7 heteroatoms. The number of aromatic nitrogens is 2. The van der Waals surface area contributed by atoms with Gasteiger partial charge in [-0.15, -0.1) is 0 Å². The van der Waals surface area contributed by atoms with Crippen LogP contribution in [0.25, 0.3) is 0 Å². The number of amides is 1. The van der Waals surface area contributed by atoms with Crippen molar-refractivity contribution in [2.45, 2.75) is 26.7 Å². The smallest absolute Gasteiger partial charge is 0.274 e. The second kappa shape index (κ2) is 8.31. The largest absolute Gasteiger partial charge is 0.344 e. The highest BCUT2D eigenvalue weighted by molar-refractivity contribution is 6.35. The molecule has 0 aliphatic carbocycles. The average molecular weight is 367 g/mol. The summed E-state index contributed by atoms with van der Waals surface area (Å²) in [6.07, 6.45) is 2.12. The summed E-state index contributed by atoms with van der Waals surface area (Å²) in [6, 6.07) is 6.52. The molecule has 2 aromatic rings. The predicted octanol–water partition coefficient (Wildman–Crippen LogP) is 4.58. The third-order valence-corrected chi connectivity index (χ3v) is 3.82. The van der Waals surface area contributed by atoms with Gasteiger partial charge in [0.25, 0.3) is 5.91 Å². The van der Waals surface area contributed by atoms with E-state index >= 15 is 0 Å². The van der Waals surface area contributed by atoms with Crippen molar-refractivity contribution in [1.82, 2.24) is 9.97 Å². The number of anilines is 2. The normalized spacial score (nSPS) is 10.5. The van der Waals surface area contributed by atoms with Crippen LogP contribution in [0.3, 0.4) is 0 Å². The Bertz CT molecular complexity index is 716. The predicted molar refractivity (Wildman–Crippen MR) is 99.4 cm³/mol. The second-order valence-corrected chi connectivity index (χ2v) is 6.45. The Balaban J connectivity index is 2.21. The molecular formula is C17H20Cl2N4O. The first kappa shape index (κ1) is 18.5. The Morgan fingerprint density at radius 2 is 1.83 bits per heavy atom. The van der Waals surface area contributed by atoms with Crippen LogP contribution >= 0.6 is 23.2 Å². The van der Waals surface area contributed by atoms with E-state index in [1.54, 1.807) is 24.3 Å². The Kier molecular flexibility index (Phi) is 6.40. The lowest BCUT2D eigenvalue weighted by Gasteiger charge is -2.17. The highest BCUT2D eigenvalue weighted by atomic mass is 35.5. The molecule has 0 unspecified atom stereocenters. The number of hydrogen-bond donors (Lipinski definition) is 1. The maximum absolute atomic E-state index is 12.5. The molecule has 24 heavy (non-hydrogen) atoms. The van der Waals surface area contributed by atoms with Crippen molar-refractivity contribution in [2.75, 3.05) is 23.8 Å². The Morgan fingerprint density at radius 1 is 1.17 bits per heavy atom. The SMILES string of the molecule is CCCCN(C)c1nc(C)cc(C(=O)Nc2cc(Cl)cc(Cl)c2)n1. The Labute approximate surface area is 152 Å². The fraction of sp³-hybridized carbons (Fsp3) is 0.353. The molecule has 0 aliphatic rings. The number of rotatable bonds is 6. The summed E-state index contributed by atoms with van der Waals surface area (Å²) in [7, 11) is 1.92. The number of aryl methyl sites for hydroxylation is 1. The van der Waals surface area contributed by atoms with Crippen LogP contribution in [0.4, 0.5) is 11.6 Å². The minimum absolute atomic E-state index is 0.303. The van der Waals surface area contributed by atoms with Crippen molar-refractivity contribution in [3.8, 4) is 0 Å². The Hall–Kier alpha value is -1.85. The molecule has 0 spiro atoms. The van der Waals surface area contributed by atoms with Crippen LogP contribution in [0.15, 0.2) is 24.3 Å². The van der Waals surface area contributed by atoms with E-state index in [1.165, 1.54) is 0 Å². The van der Waals surface area contributed by atoms with E-state index in [0.717, 1.165) is 25.1 Å². The number of hydrogen-bond acceptors (Lipinski definition) is 4. The average Bonchev–Trinajstić information content (AvgIpc) is 2.50. The third kappa shape index (κ3) is 5.08. The van der Waals surface area contributed by atoms with Gasteiger partial charge in [0.15, 0.2) is 0 Å². The van der Waals surface area contributed by atoms with Crippen molar-refractivity contribution in [3.05, 3.63) is 45.7 Å². The zero-order chi connectivity index (χ0) is 17.7. The van der Waals surface area contributed by atoms with Crippen molar-refractivity contribution in [3.63, 3.8) is 0 Å². The summed E-state index contributed by atoms with van der Waals surface area (Å²) >= 11 is 11.9. The van der Waals surface area contributed by atoms with Crippen molar-refractivity contribution < 1.29 is 4.79 Å². The molecule has 0 atom stereocenters. The molecular weight excluding hydrogens is 347 g/mol. The lowest BCUT2D eigenvalue weighted by molar-refractivity contribution is 0.102. The highest BCUT2D eigenvalue weighted by Crippen LogP contribution is 2.23. The van der Waals surface area contributed by atoms with Crippen LogP contribution in [0, 0.1) is 6.92 Å². The van der Waals surface area contributed by atoms with Gasteiger partial charge in [0, 0.05) is 35.0 Å². The molecule has 0 fully saturated rings. The number of unbranched alkanes of at least 4 members (excludes halogenated alkanes) is 1. The molecule has 128 valence electrons. The first-order chi connectivity index (χ1) is 11.4. The zero-order valence-electron chi connectivity index (χ0n) is 13.9. The van der Waals surface area contributed by atoms with Crippen molar-refractivity contribution in [1.29, 1.82) is 0 Å². The van der Waals surface area contributed by atoms with Gasteiger partial charge < -0.3 is 10.2 Å². The number of carbonyl (C=O) groups is 1. The van der Waals surface area contributed by atoms with E-state index in [-0.39, 0.29) is 5.91 Å². The Morgan fingerprint density at radius 3 is 2.46 bits per heavy atom. The van der Waals surface area contributed by atoms with Crippen LogP contribution in [0.1, 0.15) is 35.9 Å². The van der Waals surface area contributed by atoms with E-state index in [9.17, 15) is 4.79 Å². The van der Waals surface area contributed by atoms with Gasteiger partial charge in [0.2, 0.25) is 5.95 Å². The summed E-state index contributed by atoms with van der Waals surface area (Å²) in [4.78, 5) is 23.2. The molecule has 0 aliphatic heterocycles. The monoisotopic (exact) mass is 366 g/mol. The van der Waals surface area contributed by atoms with Crippen LogP contribution in [-0.2, 0) is 0 Å². The molecule has 0 radical (unpaired) electrons. The summed E-state index contributed by atoms with van der Waals surface area (Å²) in [5.41, 5.74) is 1.56. The standard InChI is InChI=1S/C17H20Cl2N4O/c1-4-5-6-23(3)17-20-11(2)7-15(22-17)16(24)21-14-9-12(18)8-13(19)10-14/h7-10H,4-6H2,1-3H3,(H,21,24). The minimum atomic E-state index is -0.330. The van der Waals surface area contributed by atoms with Crippen LogP contribution < -0.4 is 10.2 Å². The summed E-state index contributed by atoms with van der Waals surface area (Å²) in [6.45, 7) is 4.80. The van der Waals surface area contributed by atoms with Gasteiger partial charge in [-0.2, -0.15) is 0 Å². The van der Waals surface area contributed by atoms with Crippen LogP contribution in [-0.4, -0.2) is 29.5 Å². The van der Waals surface area contributed by atoms with E-state index in [1.807, 2.05) is 18.9 Å². The number of nitrogens with one attached hydrogen (secondary N) is 1. The maximum Gasteiger partial charge on any atom is 0.274 e. The molecule has 5 nitrogen and oxygen atoms in total. The molecule has 1 heterocycles. The molecule has 0 saturated heterocycles. The number of halogens is 2. The molecule has 0 saturated carbocycles. The van der Waals surface area contributed by atoms with Gasteiger partial charge in [0.1, 0.15) is 5.69 Å². The van der Waals surface area contributed by atoms with Gasteiger partial charge in [-0.1, -0.05) is 36.5 Å². The minimum Gasteiger partial charge on any atom is -0.344 e. The molecule has 1 amide bonds. The highest BCUT2D eigenvalue weighted by Gasteiger charge is 2.13. The second-order valence-electron chi connectivity index (χ2n) is 5.58. The first-order valence-electron chi connectivity index (χ1n) is 7.73. The van der Waals surface area contributed by atoms with Gasteiger partial charge in [0.05, 0.1) is 0 Å². The lowest BCUT2D eigenvalue weighted by atomic mass is 10.2. The van der Waals surface area contributed by atoms with Gasteiger partial charge >= 0.3 is 0 Å². The lowest BCUT2D eigenvalue weighted by Crippen LogP contribution is -2.23. The summed E-state index contributed by atoms with van der Waals surface area (Å²) in [5.74, 6) is 0.210. The van der Waals surface area contributed by atoms with Crippen LogP contribution in [0.5, 0.6) is 0 Å². The maximum atomic E-state index is 12.5. The zero-order valence-corrected chi connectivity index (χ0v) is 15.4. The van der Waals surface area contributed by atoms with Crippen molar-refractivity contribution >= 4 is 40.7 Å². The number of benzene rings is 1. The topological polar surface area (TPSA) is 58.1 Å². The molecule has 1 aromatic heterocycles. The molecule has 1 aromatic carbocycles. The van der Waals surface area contributed by atoms with Gasteiger partial charge in [-0.05, 0) is 37.6 Å². The first-order valence-corrected chi connectivity index (χ1v) is 8.49. The quantitative estimate of drug-likeness (QED) is 0.812. The van der Waals surface area contributed by atoms with Gasteiger partial charge in [-0.25, -0.2) is 9.97 Å². The third-order valence-electron chi connectivity index (χ3n) is 3.38. The summed E-state index contributed by atoms with van der Waals surface area (Å²) in [5, 5.41) is 3.67. The van der Waals surface area contributed by atoms with E-state index in [4.69, 9.17) is 23.2 Å². The number of nitrogens with zero attached hydrogens (tertiary/aromatic N) is 3. The fourth-order valence-electron chi connectivity index (χ4n) is 2.16. The van der Waals surface area contributed by atoms with Crippen LogP contribution in [0.2, 0.25) is 10.0 Å².